The number of tetrazole rings is 1. The highest BCUT2D eigenvalue weighted by atomic mass is 32.2. The predicted molar refractivity (Wildman–Crippen MR) is 77.6 cm³/mol. The van der Waals surface area contributed by atoms with Crippen molar-refractivity contribution >= 4 is 11.8 Å². The number of nitrogens with one attached hydrogen (secondary N) is 1. The zero-order valence-electron chi connectivity index (χ0n) is 11.5. The summed E-state index contributed by atoms with van der Waals surface area (Å²) in [4.78, 5) is 1.20. The number of rotatable bonds is 6. The third-order valence-electron chi connectivity index (χ3n) is 2.88. The molecule has 1 aromatic heterocycles. The van der Waals surface area contributed by atoms with Gasteiger partial charge in [0.2, 0.25) is 0 Å². The highest BCUT2D eigenvalue weighted by Crippen LogP contribution is 2.20. The fourth-order valence-corrected chi connectivity index (χ4v) is 2.30. The largest absolute Gasteiger partial charge is 0.307 e. The van der Waals surface area contributed by atoms with Crippen LogP contribution in [0.5, 0.6) is 0 Å². The molecule has 1 atom stereocenters. The summed E-state index contributed by atoms with van der Waals surface area (Å²) in [6.45, 7) is 5.18. The molecule has 1 unspecified atom stereocenters. The molecule has 6 heteroatoms. The van der Waals surface area contributed by atoms with Crippen LogP contribution in [0.1, 0.15) is 32.1 Å². The lowest BCUT2D eigenvalue weighted by atomic mass is 10.2. The van der Waals surface area contributed by atoms with Gasteiger partial charge in [-0.05, 0) is 54.8 Å². The zero-order chi connectivity index (χ0) is 13.7. The van der Waals surface area contributed by atoms with Crippen LogP contribution in [0.3, 0.4) is 0 Å². The van der Waals surface area contributed by atoms with Gasteiger partial charge in [-0.3, -0.25) is 0 Å². The molecule has 0 saturated carbocycles. The Hall–Kier alpha value is -1.40. The van der Waals surface area contributed by atoms with Crippen LogP contribution in [0.15, 0.2) is 29.2 Å². The molecule has 0 bridgehead atoms. The molecule has 0 aliphatic carbocycles. The van der Waals surface area contributed by atoms with E-state index >= 15 is 0 Å². The van der Waals surface area contributed by atoms with Crippen molar-refractivity contribution in [3.63, 3.8) is 0 Å². The van der Waals surface area contributed by atoms with E-state index in [0.717, 1.165) is 24.5 Å². The minimum absolute atomic E-state index is 0.132. The number of thioether (sulfide) groups is 1. The number of hydrogen-bond donors (Lipinski definition) is 1. The Morgan fingerprint density at radius 2 is 2.26 bits per heavy atom. The van der Waals surface area contributed by atoms with E-state index in [9.17, 15) is 0 Å². The first-order valence-electron chi connectivity index (χ1n) is 6.42. The Balaban J connectivity index is 2.27. The first-order chi connectivity index (χ1) is 9.26. The molecule has 1 N–H and O–H groups in total. The minimum Gasteiger partial charge on any atom is -0.307 e. The van der Waals surface area contributed by atoms with Crippen molar-refractivity contribution in [3.8, 4) is 5.69 Å². The molecule has 19 heavy (non-hydrogen) atoms. The summed E-state index contributed by atoms with van der Waals surface area (Å²) in [5, 5.41) is 15.4. The Morgan fingerprint density at radius 1 is 1.42 bits per heavy atom. The molecule has 1 aromatic carbocycles. The van der Waals surface area contributed by atoms with Crippen LogP contribution < -0.4 is 5.32 Å². The van der Waals surface area contributed by atoms with Crippen LogP contribution in [0, 0.1) is 0 Å². The second-order valence-corrected chi connectivity index (χ2v) is 5.21. The molecule has 5 nitrogen and oxygen atoms in total. The summed E-state index contributed by atoms with van der Waals surface area (Å²) in [7, 11) is 0. The Kier molecular flexibility index (Phi) is 4.93. The Morgan fingerprint density at radius 3 is 3.00 bits per heavy atom. The van der Waals surface area contributed by atoms with E-state index in [4.69, 9.17) is 0 Å². The van der Waals surface area contributed by atoms with Gasteiger partial charge in [-0.15, -0.1) is 16.9 Å². The van der Waals surface area contributed by atoms with Crippen molar-refractivity contribution in [2.75, 3.05) is 12.8 Å². The second-order valence-electron chi connectivity index (χ2n) is 4.33. The molecule has 0 amide bonds. The maximum absolute atomic E-state index is 4.13. The van der Waals surface area contributed by atoms with Gasteiger partial charge < -0.3 is 5.32 Å². The molecule has 2 rings (SSSR count). The van der Waals surface area contributed by atoms with Crippen molar-refractivity contribution in [1.82, 2.24) is 25.5 Å². The van der Waals surface area contributed by atoms with E-state index in [-0.39, 0.29) is 6.04 Å². The average Bonchev–Trinajstić information content (AvgIpc) is 2.94. The second kappa shape index (κ2) is 6.68. The number of aromatic nitrogens is 4. The molecular weight excluding hydrogens is 258 g/mol. The first kappa shape index (κ1) is 14.0. The van der Waals surface area contributed by atoms with Gasteiger partial charge in [0.1, 0.15) is 0 Å². The summed E-state index contributed by atoms with van der Waals surface area (Å²) in [5.41, 5.74) is 0.997. The molecule has 0 radical (unpaired) electrons. The monoisotopic (exact) mass is 277 g/mol. The molecule has 0 aliphatic rings. The lowest BCUT2D eigenvalue weighted by molar-refractivity contribution is 0.531. The molecule has 0 saturated heterocycles. The summed E-state index contributed by atoms with van der Waals surface area (Å²) in [5.74, 6) is 0.840. The number of hydrogen-bond acceptors (Lipinski definition) is 5. The highest BCUT2D eigenvalue weighted by Gasteiger charge is 2.15. The van der Waals surface area contributed by atoms with Gasteiger partial charge in [0.15, 0.2) is 5.82 Å². The Labute approximate surface area is 117 Å². The maximum Gasteiger partial charge on any atom is 0.173 e. The zero-order valence-corrected chi connectivity index (χ0v) is 12.3. The van der Waals surface area contributed by atoms with Gasteiger partial charge in [0.25, 0.3) is 0 Å². The topological polar surface area (TPSA) is 55.6 Å². The number of benzene rings is 1. The quantitative estimate of drug-likeness (QED) is 0.822. The minimum atomic E-state index is 0.132. The average molecular weight is 277 g/mol. The SMILES string of the molecule is CCCNC(C)c1nnnn1-c1cccc(SC)c1. The van der Waals surface area contributed by atoms with Gasteiger partial charge in [-0.2, -0.15) is 4.68 Å². The van der Waals surface area contributed by atoms with Crippen LogP contribution in [0.4, 0.5) is 0 Å². The van der Waals surface area contributed by atoms with Crippen molar-refractivity contribution in [3.05, 3.63) is 30.1 Å². The number of nitrogens with zero attached hydrogens (tertiary/aromatic N) is 4. The Bertz CT molecular complexity index is 525. The van der Waals surface area contributed by atoms with Crippen molar-refractivity contribution in [2.24, 2.45) is 0 Å². The van der Waals surface area contributed by atoms with Gasteiger partial charge in [-0.25, -0.2) is 0 Å². The molecule has 102 valence electrons. The van der Waals surface area contributed by atoms with Gasteiger partial charge >= 0.3 is 0 Å². The molecular formula is C13H19N5S. The fraction of sp³-hybridized carbons (Fsp3) is 0.462. The van der Waals surface area contributed by atoms with Crippen LogP contribution in [-0.2, 0) is 0 Å². The third-order valence-corrected chi connectivity index (χ3v) is 3.60. The summed E-state index contributed by atoms with van der Waals surface area (Å²) in [6.07, 6.45) is 3.15. The first-order valence-corrected chi connectivity index (χ1v) is 7.64. The van der Waals surface area contributed by atoms with Crippen LogP contribution in [0.2, 0.25) is 0 Å². The van der Waals surface area contributed by atoms with E-state index in [1.165, 1.54) is 4.90 Å². The van der Waals surface area contributed by atoms with E-state index in [1.54, 1.807) is 16.4 Å². The van der Waals surface area contributed by atoms with Crippen LogP contribution in [-0.4, -0.2) is 33.0 Å². The lowest BCUT2D eigenvalue weighted by Crippen LogP contribution is -2.22. The molecule has 1 heterocycles. The summed E-state index contributed by atoms with van der Waals surface area (Å²) < 4.78 is 1.80. The summed E-state index contributed by atoms with van der Waals surface area (Å²) >= 11 is 1.71. The fourth-order valence-electron chi connectivity index (χ4n) is 1.84. The van der Waals surface area contributed by atoms with E-state index in [1.807, 2.05) is 12.1 Å². The van der Waals surface area contributed by atoms with Gasteiger partial charge in [0.05, 0.1) is 11.7 Å². The van der Waals surface area contributed by atoms with Crippen LogP contribution in [0.25, 0.3) is 5.69 Å². The van der Waals surface area contributed by atoms with E-state index in [0.29, 0.717) is 0 Å². The normalized spacial score (nSPS) is 12.6. The van der Waals surface area contributed by atoms with Gasteiger partial charge in [0, 0.05) is 4.90 Å². The molecule has 2 aromatic rings. The van der Waals surface area contributed by atoms with E-state index < -0.39 is 0 Å². The highest BCUT2D eigenvalue weighted by molar-refractivity contribution is 7.98. The lowest BCUT2D eigenvalue weighted by Gasteiger charge is -2.13. The van der Waals surface area contributed by atoms with Crippen molar-refractivity contribution in [1.29, 1.82) is 0 Å². The van der Waals surface area contributed by atoms with E-state index in [2.05, 4.69) is 53.1 Å². The predicted octanol–water partition coefficient (Wildman–Crippen LogP) is 2.44. The standard InChI is InChI=1S/C13H19N5S/c1-4-8-14-10(2)13-15-16-17-18(13)11-6-5-7-12(9-11)19-3/h5-7,9-10,14H,4,8H2,1-3H3. The van der Waals surface area contributed by atoms with Crippen molar-refractivity contribution in [2.45, 2.75) is 31.2 Å². The van der Waals surface area contributed by atoms with Crippen LogP contribution >= 0.6 is 11.8 Å². The smallest absolute Gasteiger partial charge is 0.173 e. The third kappa shape index (κ3) is 3.33. The van der Waals surface area contributed by atoms with Gasteiger partial charge in [-0.1, -0.05) is 13.0 Å². The summed E-state index contributed by atoms with van der Waals surface area (Å²) in [6, 6.07) is 8.35. The molecule has 0 aliphatic heterocycles. The maximum atomic E-state index is 4.13. The molecule has 0 spiro atoms. The van der Waals surface area contributed by atoms with Crippen molar-refractivity contribution < 1.29 is 0 Å². The molecule has 0 fully saturated rings.